The minimum atomic E-state index is -0.541. The van der Waals surface area contributed by atoms with Crippen LogP contribution in [-0.2, 0) is 6.42 Å². The third-order valence-corrected chi connectivity index (χ3v) is 2.67. The minimum absolute atomic E-state index is 0. The molecule has 0 heterocycles. The number of guanidine groups is 1. The summed E-state index contributed by atoms with van der Waals surface area (Å²) in [6, 6.07) is 3.57. The van der Waals surface area contributed by atoms with E-state index in [4.69, 9.17) is 0 Å². The summed E-state index contributed by atoms with van der Waals surface area (Å²) >= 11 is 0. The Morgan fingerprint density at radius 1 is 1.10 bits per heavy atom. The fraction of sp³-hybridized carbons (Fsp3) is 0.500. The smallest absolute Gasteiger partial charge is 0.190 e. The Hall–Kier alpha value is -0.920. The molecule has 0 aliphatic rings. The highest BCUT2D eigenvalue weighted by Gasteiger charge is 2.01. The number of rotatable bonds is 6. The molecule has 1 aromatic carbocycles. The van der Waals surface area contributed by atoms with Crippen LogP contribution in [0.1, 0.15) is 25.3 Å². The molecule has 20 heavy (non-hydrogen) atoms. The van der Waals surface area contributed by atoms with Gasteiger partial charge in [0.1, 0.15) is 11.6 Å². The number of hydrogen-bond acceptors (Lipinski definition) is 1. The van der Waals surface area contributed by atoms with Crippen LogP contribution in [-0.4, -0.2) is 26.1 Å². The lowest BCUT2D eigenvalue weighted by Gasteiger charge is -2.11. The first-order valence-corrected chi connectivity index (χ1v) is 6.55. The molecule has 0 spiro atoms. The normalized spacial score (nSPS) is 10.9. The second-order valence-electron chi connectivity index (χ2n) is 4.31. The summed E-state index contributed by atoms with van der Waals surface area (Å²) in [6.07, 6.45) is 2.74. The average molecular weight is 397 g/mol. The summed E-state index contributed by atoms with van der Waals surface area (Å²) in [4.78, 5) is 4.07. The maximum atomic E-state index is 13.0. The number of nitrogens with zero attached hydrogens (tertiary/aromatic N) is 1. The van der Waals surface area contributed by atoms with Gasteiger partial charge < -0.3 is 10.6 Å². The largest absolute Gasteiger partial charge is 0.356 e. The van der Waals surface area contributed by atoms with Crippen molar-refractivity contribution >= 4 is 29.9 Å². The Morgan fingerprint density at radius 3 is 2.25 bits per heavy atom. The highest BCUT2D eigenvalue weighted by Crippen LogP contribution is 2.07. The number of hydrogen-bond donors (Lipinski definition) is 2. The van der Waals surface area contributed by atoms with E-state index in [2.05, 4.69) is 22.5 Å². The SMILES string of the molecule is CCCCNC(=NC)NCCc1cc(F)cc(F)c1.I. The van der Waals surface area contributed by atoms with Crippen LogP contribution in [0.2, 0.25) is 0 Å². The van der Waals surface area contributed by atoms with Gasteiger partial charge in [0, 0.05) is 26.2 Å². The van der Waals surface area contributed by atoms with Crippen LogP contribution in [0.5, 0.6) is 0 Å². The van der Waals surface area contributed by atoms with E-state index in [0.717, 1.165) is 25.5 Å². The van der Waals surface area contributed by atoms with Crippen molar-refractivity contribution in [3.05, 3.63) is 35.4 Å². The molecule has 1 aromatic rings. The molecule has 0 bridgehead atoms. The fourth-order valence-electron chi connectivity index (χ4n) is 1.68. The van der Waals surface area contributed by atoms with Crippen molar-refractivity contribution in [3.8, 4) is 0 Å². The van der Waals surface area contributed by atoms with Gasteiger partial charge >= 0.3 is 0 Å². The maximum Gasteiger partial charge on any atom is 0.190 e. The second kappa shape index (κ2) is 10.8. The lowest BCUT2D eigenvalue weighted by Crippen LogP contribution is -2.38. The molecular formula is C14H22F2IN3. The van der Waals surface area contributed by atoms with Crippen LogP contribution >= 0.6 is 24.0 Å². The fourth-order valence-corrected chi connectivity index (χ4v) is 1.68. The van der Waals surface area contributed by atoms with Crippen LogP contribution in [0, 0.1) is 11.6 Å². The van der Waals surface area contributed by atoms with Crippen molar-refractivity contribution in [3.63, 3.8) is 0 Å². The van der Waals surface area contributed by atoms with E-state index in [-0.39, 0.29) is 24.0 Å². The standard InChI is InChI=1S/C14H21F2N3.HI/c1-3-4-6-18-14(17-2)19-7-5-11-8-12(15)10-13(16)9-11;/h8-10H,3-7H2,1-2H3,(H2,17,18,19);1H. The molecule has 114 valence electrons. The summed E-state index contributed by atoms with van der Waals surface area (Å²) < 4.78 is 26.0. The predicted molar refractivity (Wildman–Crippen MR) is 89.7 cm³/mol. The number of halogens is 3. The van der Waals surface area contributed by atoms with Gasteiger partial charge in [-0.2, -0.15) is 0 Å². The van der Waals surface area contributed by atoms with Crippen molar-refractivity contribution < 1.29 is 8.78 Å². The van der Waals surface area contributed by atoms with Crippen LogP contribution in [0.15, 0.2) is 23.2 Å². The molecule has 0 fully saturated rings. The lowest BCUT2D eigenvalue weighted by molar-refractivity contribution is 0.579. The molecule has 0 aliphatic heterocycles. The zero-order valence-electron chi connectivity index (χ0n) is 11.9. The van der Waals surface area contributed by atoms with E-state index >= 15 is 0 Å². The Balaban J connectivity index is 0.00000361. The number of nitrogens with one attached hydrogen (secondary N) is 2. The molecule has 0 saturated heterocycles. The van der Waals surface area contributed by atoms with Gasteiger partial charge in [0.15, 0.2) is 5.96 Å². The van der Waals surface area contributed by atoms with Crippen LogP contribution in [0.4, 0.5) is 8.78 Å². The van der Waals surface area contributed by atoms with Gasteiger partial charge in [0.25, 0.3) is 0 Å². The summed E-state index contributed by atoms with van der Waals surface area (Å²) in [5.74, 6) is -0.369. The lowest BCUT2D eigenvalue weighted by atomic mass is 10.1. The van der Waals surface area contributed by atoms with E-state index in [9.17, 15) is 8.78 Å². The van der Waals surface area contributed by atoms with Crippen LogP contribution < -0.4 is 10.6 Å². The summed E-state index contributed by atoms with van der Waals surface area (Å²) in [6.45, 7) is 3.57. The topological polar surface area (TPSA) is 36.4 Å². The van der Waals surface area contributed by atoms with Crippen LogP contribution in [0.3, 0.4) is 0 Å². The third-order valence-electron chi connectivity index (χ3n) is 2.67. The maximum absolute atomic E-state index is 13.0. The van der Waals surface area contributed by atoms with Crippen LogP contribution in [0.25, 0.3) is 0 Å². The summed E-state index contributed by atoms with van der Waals surface area (Å²) in [5, 5.41) is 6.28. The molecule has 6 heteroatoms. The third kappa shape index (κ3) is 7.62. The summed E-state index contributed by atoms with van der Waals surface area (Å²) in [5.41, 5.74) is 0.633. The molecule has 0 amide bonds. The first-order valence-electron chi connectivity index (χ1n) is 6.55. The van der Waals surface area contributed by atoms with Crippen molar-refractivity contribution in [1.82, 2.24) is 10.6 Å². The van der Waals surface area contributed by atoms with Gasteiger partial charge in [-0.15, -0.1) is 24.0 Å². The quantitative estimate of drug-likeness (QED) is 0.335. The van der Waals surface area contributed by atoms with E-state index < -0.39 is 11.6 Å². The van der Waals surface area contributed by atoms with Gasteiger partial charge in [0.2, 0.25) is 0 Å². The van der Waals surface area contributed by atoms with E-state index in [1.165, 1.54) is 12.1 Å². The molecule has 1 rings (SSSR count). The molecule has 3 nitrogen and oxygen atoms in total. The van der Waals surface area contributed by atoms with Crippen molar-refractivity contribution in [2.75, 3.05) is 20.1 Å². The van der Waals surface area contributed by atoms with E-state index in [1.807, 2.05) is 0 Å². The van der Waals surface area contributed by atoms with Crippen molar-refractivity contribution in [1.29, 1.82) is 0 Å². The Labute approximate surface area is 136 Å². The van der Waals surface area contributed by atoms with Crippen molar-refractivity contribution in [2.45, 2.75) is 26.2 Å². The second-order valence-corrected chi connectivity index (χ2v) is 4.31. The number of benzene rings is 1. The van der Waals surface area contributed by atoms with Gasteiger partial charge in [-0.05, 0) is 30.5 Å². The highest BCUT2D eigenvalue weighted by molar-refractivity contribution is 14.0. The van der Waals surface area contributed by atoms with Gasteiger partial charge in [0.05, 0.1) is 0 Å². The zero-order valence-corrected chi connectivity index (χ0v) is 14.2. The molecule has 0 radical (unpaired) electrons. The zero-order chi connectivity index (χ0) is 14.1. The van der Waals surface area contributed by atoms with Gasteiger partial charge in [-0.1, -0.05) is 13.3 Å². The molecule has 0 saturated carbocycles. The Kier molecular flexibility index (Phi) is 10.3. The molecular weight excluding hydrogens is 375 g/mol. The average Bonchev–Trinajstić information content (AvgIpc) is 2.36. The minimum Gasteiger partial charge on any atom is -0.356 e. The molecule has 0 aromatic heterocycles. The number of aliphatic imine (C=N–C) groups is 1. The first kappa shape index (κ1) is 19.1. The monoisotopic (exact) mass is 397 g/mol. The first-order chi connectivity index (χ1) is 9.15. The van der Waals surface area contributed by atoms with Crippen molar-refractivity contribution in [2.24, 2.45) is 4.99 Å². The highest BCUT2D eigenvalue weighted by atomic mass is 127. The summed E-state index contributed by atoms with van der Waals surface area (Å²) in [7, 11) is 1.70. The van der Waals surface area contributed by atoms with Gasteiger partial charge in [-0.3, -0.25) is 4.99 Å². The van der Waals surface area contributed by atoms with Gasteiger partial charge in [-0.25, -0.2) is 8.78 Å². The van der Waals surface area contributed by atoms with E-state index in [0.29, 0.717) is 24.5 Å². The van der Waals surface area contributed by atoms with E-state index in [1.54, 1.807) is 7.05 Å². The molecule has 0 unspecified atom stereocenters. The molecule has 0 aliphatic carbocycles. The predicted octanol–water partition coefficient (Wildman–Crippen LogP) is 3.09. The molecule has 0 atom stereocenters. The number of unbranched alkanes of at least 4 members (excludes halogenated alkanes) is 1. The Bertz CT molecular complexity index is 405. The molecule has 2 N–H and O–H groups in total. The Morgan fingerprint density at radius 2 is 1.70 bits per heavy atom.